The topological polar surface area (TPSA) is 75.0 Å². The summed E-state index contributed by atoms with van der Waals surface area (Å²) < 4.78 is 57.8. The van der Waals surface area contributed by atoms with Crippen LogP contribution >= 0.6 is 0 Å². The van der Waals surface area contributed by atoms with Gasteiger partial charge in [0.1, 0.15) is 11.0 Å². The highest BCUT2D eigenvalue weighted by molar-refractivity contribution is 7.85. The number of aromatic hydroxyl groups is 1. The van der Waals surface area contributed by atoms with Crippen molar-refractivity contribution in [2.45, 2.75) is 44.7 Å². The van der Waals surface area contributed by atoms with Gasteiger partial charge < -0.3 is 5.11 Å². The van der Waals surface area contributed by atoms with Crippen LogP contribution < -0.4 is 10.1 Å². The first kappa shape index (κ1) is 23.6. The molecule has 0 fully saturated rings. The molecule has 0 amide bonds. The van der Waals surface area contributed by atoms with Crippen molar-refractivity contribution < 1.29 is 27.1 Å². The van der Waals surface area contributed by atoms with Gasteiger partial charge in [-0.25, -0.2) is 9.00 Å². The van der Waals surface area contributed by atoms with Gasteiger partial charge in [-0.2, -0.15) is 26.5 Å². The normalized spacial score (nSPS) is 13.7. The maximum absolute atomic E-state index is 13.2. The summed E-state index contributed by atoms with van der Waals surface area (Å²) in [6.45, 7) is 5.54. The number of nitrogens with zero attached hydrogens (tertiary/aromatic N) is 3. The van der Waals surface area contributed by atoms with Gasteiger partial charge >= 0.3 is 11.7 Å². The Labute approximate surface area is 185 Å². The van der Waals surface area contributed by atoms with Gasteiger partial charge in [-0.3, -0.25) is 0 Å². The molecule has 3 rings (SSSR count). The van der Waals surface area contributed by atoms with Crippen LogP contribution in [0.4, 0.5) is 13.2 Å². The standard InChI is InChI=1S/C22H22F3N3O3S/c1-21(2,3)32(31)26-11-7-13-28-17-10-4-5-12-27(17)19(29)18(20(28)30)15-8-6-9-16(14-15)22(23,24)25/h4-6,8-12,14H,7,13H2,1-3H3/p+1. The molecule has 1 N–H and O–H groups in total. The molecule has 0 bridgehead atoms. The molecule has 1 aromatic carbocycles. The first-order chi connectivity index (χ1) is 14.9. The van der Waals surface area contributed by atoms with E-state index in [1.807, 2.05) is 0 Å². The lowest BCUT2D eigenvalue weighted by molar-refractivity contribution is -0.678. The molecule has 32 heavy (non-hydrogen) atoms. The van der Waals surface area contributed by atoms with Gasteiger partial charge in [0, 0.05) is 18.7 Å². The van der Waals surface area contributed by atoms with E-state index in [0.717, 1.165) is 12.1 Å². The van der Waals surface area contributed by atoms with Gasteiger partial charge in [0.15, 0.2) is 5.56 Å². The average Bonchev–Trinajstić information content (AvgIpc) is 2.72. The number of pyridine rings is 1. The molecule has 170 valence electrons. The van der Waals surface area contributed by atoms with Gasteiger partial charge in [0.2, 0.25) is 0 Å². The number of rotatable bonds is 5. The molecule has 3 aromatic rings. The third kappa shape index (κ3) is 4.90. The minimum Gasteiger partial charge on any atom is -0.477 e. The Bertz CT molecular complexity index is 1260. The molecule has 2 heterocycles. The highest BCUT2D eigenvalue weighted by Gasteiger charge is 2.32. The van der Waals surface area contributed by atoms with Crippen LogP contribution in [-0.4, -0.2) is 24.7 Å². The molecule has 0 spiro atoms. The monoisotopic (exact) mass is 466 g/mol. The molecule has 1 atom stereocenters. The number of benzene rings is 1. The first-order valence-electron chi connectivity index (χ1n) is 9.79. The second-order valence-electron chi connectivity index (χ2n) is 8.10. The van der Waals surface area contributed by atoms with Gasteiger partial charge in [-0.1, -0.05) is 18.2 Å². The minimum atomic E-state index is -4.59. The van der Waals surface area contributed by atoms with Crippen LogP contribution in [-0.2, 0) is 23.7 Å². The summed E-state index contributed by atoms with van der Waals surface area (Å²) in [5.41, 5.74) is -1.49. The predicted octanol–water partition coefficient (Wildman–Crippen LogP) is 3.90. The summed E-state index contributed by atoms with van der Waals surface area (Å²) in [5.74, 6) is -0.453. The summed E-state index contributed by atoms with van der Waals surface area (Å²) >= 11 is 0. The Balaban J connectivity index is 2.10. The quantitative estimate of drug-likeness (QED) is 0.458. The largest absolute Gasteiger partial charge is 0.477 e. The van der Waals surface area contributed by atoms with Crippen molar-refractivity contribution in [1.29, 1.82) is 0 Å². The van der Waals surface area contributed by atoms with Crippen LogP contribution in [0.25, 0.3) is 16.8 Å². The smallest absolute Gasteiger partial charge is 0.416 e. The molecule has 0 saturated heterocycles. The van der Waals surface area contributed by atoms with Crippen molar-refractivity contribution in [3.05, 3.63) is 64.6 Å². The zero-order valence-electron chi connectivity index (χ0n) is 17.8. The van der Waals surface area contributed by atoms with Crippen LogP contribution in [0.15, 0.2) is 57.9 Å². The molecule has 0 radical (unpaired) electrons. The zero-order chi connectivity index (χ0) is 23.7. The summed E-state index contributed by atoms with van der Waals surface area (Å²) in [6.07, 6.45) is -1.35. The Morgan fingerprint density at radius 3 is 2.53 bits per heavy atom. The molecule has 10 heteroatoms. The van der Waals surface area contributed by atoms with E-state index in [2.05, 4.69) is 4.40 Å². The van der Waals surface area contributed by atoms with Crippen molar-refractivity contribution in [2.24, 2.45) is 4.40 Å². The molecule has 2 aromatic heterocycles. The number of fused-ring (bicyclic) bond motifs is 1. The highest BCUT2D eigenvalue weighted by Crippen LogP contribution is 2.33. The zero-order valence-corrected chi connectivity index (χ0v) is 18.6. The Kier molecular flexibility index (Phi) is 6.54. The van der Waals surface area contributed by atoms with Crippen LogP contribution in [0.3, 0.4) is 0 Å². The maximum Gasteiger partial charge on any atom is 0.416 e. The second-order valence-corrected chi connectivity index (χ2v) is 10.0. The van der Waals surface area contributed by atoms with E-state index >= 15 is 0 Å². The number of aryl methyl sites for hydroxylation is 1. The third-order valence-electron chi connectivity index (χ3n) is 4.68. The fraction of sp³-hybridized carbons (Fsp3) is 0.318. The number of hydrogen-bond acceptors (Lipinski definition) is 3. The third-order valence-corrected chi connectivity index (χ3v) is 6.07. The number of halogens is 3. The minimum absolute atomic E-state index is 0.0446. The Hall–Kier alpha value is -3.01. The van der Waals surface area contributed by atoms with Gasteiger partial charge in [0.05, 0.1) is 23.1 Å². The number of alkyl halides is 3. The molecule has 0 aliphatic heterocycles. The highest BCUT2D eigenvalue weighted by atomic mass is 32.2. The van der Waals surface area contributed by atoms with Gasteiger partial charge in [-0.05, 0) is 44.5 Å². The van der Waals surface area contributed by atoms with Crippen LogP contribution in [0.2, 0.25) is 0 Å². The van der Waals surface area contributed by atoms with E-state index < -0.39 is 38.9 Å². The van der Waals surface area contributed by atoms with Crippen LogP contribution in [0, 0.1) is 0 Å². The number of aromatic nitrogens is 2. The Morgan fingerprint density at radius 2 is 1.88 bits per heavy atom. The maximum atomic E-state index is 13.2. The molecule has 0 aliphatic carbocycles. The summed E-state index contributed by atoms with van der Waals surface area (Å²) in [6, 6.07) is 9.18. The van der Waals surface area contributed by atoms with Crippen LogP contribution in [0.1, 0.15) is 32.8 Å². The van der Waals surface area contributed by atoms with Gasteiger partial charge in [0.25, 0.3) is 11.5 Å². The average molecular weight is 467 g/mol. The van der Waals surface area contributed by atoms with Crippen molar-refractivity contribution >= 4 is 22.8 Å². The number of hydrogen-bond donors (Lipinski definition) is 1. The van der Waals surface area contributed by atoms with Crippen molar-refractivity contribution in [1.82, 2.24) is 4.40 Å². The summed E-state index contributed by atoms with van der Waals surface area (Å²) in [5, 5.41) is 10.9. The van der Waals surface area contributed by atoms with E-state index in [-0.39, 0.29) is 24.1 Å². The Morgan fingerprint density at radius 1 is 1.16 bits per heavy atom. The molecule has 1 unspecified atom stereocenters. The van der Waals surface area contributed by atoms with E-state index in [0.29, 0.717) is 5.65 Å². The van der Waals surface area contributed by atoms with Crippen molar-refractivity contribution in [3.8, 4) is 17.0 Å². The molecular weight excluding hydrogens is 443 g/mol. The fourth-order valence-electron chi connectivity index (χ4n) is 3.07. The SMILES string of the molecule is CC(C)(C)S(=O)N=CCC[n+]1c(O)c(-c2cccc(C(F)(F)F)c2)c(=O)n2ccccc21. The molecule has 6 nitrogen and oxygen atoms in total. The first-order valence-corrected chi connectivity index (χ1v) is 10.9. The predicted molar refractivity (Wildman–Crippen MR) is 117 cm³/mol. The molecular formula is C22H23F3N3O3S+. The lowest BCUT2D eigenvalue weighted by Crippen LogP contribution is -2.41. The van der Waals surface area contributed by atoms with E-state index in [1.165, 1.54) is 33.5 Å². The van der Waals surface area contributed by atoms with Crippen molar-refractivity contribution in [3.63, 3.8) is 0 Å². The second kappa shape index (κ2) is 8.85. The molecule has 0 aliphatic rings. The fourth-order valence-corrected chi connectivity index (χ4v) is 3.63. The lowest BCUT2D eigenvalue weighted by Gasteiger charge is -2.13. The summed E-state index contributed by atoms with van der Waals surface area (Å²) in [4.78, 5) is 13.0. The van der Waals surface area contributed by atoms with Crippen LogP contribution in [0.5, 0.6) is 5.88 Å². The lowest BCUT2D eigenvalue weighted by atomic mass is 10.0. The van der Waals surface area contributed by atoms with E-state index in [4.69, 9.17) is 0 Å². The van der Waals surface area contributed by atoms with E-state index in [1.54, 1.807) is 39.0 Å². The van der Waals surface area contributed by atoms with Crippen molar-refractivity contribution in [2.75, 3.05) is 0 Å². The summed E-state index contributed by atoms with van der Waals surface area (Å²) in [7, 11) is -1.44. The van der Waals surface area contributed by atoms with Gasteiger partial charge in [-0.15, -0.1) is 0 Å². The van der Waals surface area contributed by atoms with E-state index in [9.17, 15) is 27.3 Å². The molecule has 0 saturated carbocycles.